The summed E-state index contributed by atoms with van der Waals surface area (Å²) in [4.78, 5) is 4.36. The van der Waals surface area contributed by atoms with Crippen LogP contribution in [-0.4, -0.2) is 28.8 Å². The molecule has 0 bridgehead atoms. The number of benzene rings is 1. The highest BCUT2D eigenvalue weighted by atomic mass is 16.5. The summed E-state index contributed by atoms with van der Waals surface area (Å²) in [5.41, 5.74) is 1.05. The van der Waals surface area contributed by atoms with E-state index in [1.165, 1.54) is 0 Å². The number of ether oxygens (including phenoxy) is 1. The number of anilines is 1. The predicted molar refractivity (Wildman–Crippen MR) is 70.9 cm³/mol. The van der Waals surface area contributed by atoms with Crippen LogP contribution < -0.4 is 10.1 Å². The maximum atomic E-state index is 5.17. The van der Waals surface area contributed by atoms with Gasteiger partial charge in [0, 0.05) is 31.1 Å². The molecule has 0 atom stereocenters. The first-order valence-electron chi connectivity index (χ1n) is 6.10. The van der Waals surface area contributed by atoms with Gasteiger partial charge in [-0.05, 0) is 12.1 Å². The number of hydrogen-bond acceptors (Lipinski definition) is 4. The van der Waals surface area contributed by atoms with E-state index < -0.39 is 0 Å². The summed E-state index contributed by atoms with van der Waals surface area (Å²) in [6, 6.07) is 7.87. The summed E-state index contributed by atoms with van der Waals surface area (Å²) in [7, 11) is 1.67. The van der Waals surface area contributed by atoms with E-state index in [1.807, 2.05) is 31.2 Å². The Balaban J connectivity index is 1.84. The SMILES string of the molecule is CCc1n[nH]c(CCNc2cccc(OC)c2)n1. The van der Waals surface area contributed by atoms with Gasteiger partial charge < -0.3 is 10.1 Å². The third-order valence-electron chi connectivity index (χ3n) is 2.65. The van der Waals surface area contributed by atoms with Gasteiger partial charge in [0.2, 0.25) is 0 Å². The number of aromatic nitrogens is 3. The summed E-state index contributed by atoms with van der Waals surface area (Å²) in [6.07, 6.45) is 1.68. The molecule has 0 radical (unpaired) electrons. The molecule has 0 saturated heterocycles. The lowest BCUT2D eigenvalue weighted by Crippen LogP contribution is -2.06. The van der Waals surface area contributed by atoms with Gasteiger partial charge in [-0.3, -0.25) is 5.10 Å². The van der Waals surface area contributed by atoms with E-state index >= 15 is 0 Å². The average Bonchev–Trinajstić information content (AvgIpc) is 2.87. The van der Waals surface area contributed by atoms with Crippen molar-refractivity contribution >= 4 is 5.69 Å². The highest BCUT2D eigenvalue weighted by molar-refractivity contribution is 5.48. The molecule has 2 N–H and O–H groups in total. The molecule has 2 rings (SSSR count). The van der Waals surface area contributed by atoms with E-state index in [0.717, 1.165) is 42.5 Å². The molecule has 1 heterocycles. The van der Waals surface area contributed by atoms with E-state index in [2.05, 4.69) is 20.5 Å². The van der Waals surface area contributed by atoms with E-state index in [4.69, 9.17) is 4.74 Å². The zero-order chi connectivity index (χ0) is 12.8. The van der Waals surface area contributed by atoms with E-state index in [-0.39, 0.29) is 0 Å². The minimum Gasteiger partial charge on any atom is -0.497 e. The molecular formula is C13H18N4O. The van der Waals surface area contributed by atoms with Crippen molar-refractivity contribution in [3.63, 3.8) is 0 Å². The second-order valence-electron chi connectivity index (χ2n) is 3.96. The Hall–Kier alpha value is -2.04. The van der Waals surface area contributed by atoms with Crippen LogP contribution in [0.25, 0.3) is 0 Å². The van der Waals surface area contributed by atoms with Crippen LogP contribution >= 0.6 is 0 Å². The lowest BCUT2D eigenvalue weighted by Gasteiger charge is -2.06. The molecule has 5 heteroatoms. The number of H-pyrrole nitrogens is 1. The quantitative estimate of drug-likeness (QED) is 0.818. The molecule has 5 nitrogen and oxygen atoms in total. The van der Waals surface area contributed by atoms with Gasteiger partial charge in [-0.2, -0.15) is 5.10 Å². The molecule has 2 aromatic rings. The standard InChI is InChI=1S/C13H18N4O/c1-3-12-15-13(17-16-12)7-8-14-10-5-4-6-11(9-10)18-2/h4-6,9,14H,3,7-8H2,1-2H3,(H,15,16,17). The van der Waals surface area contributed by atoms with Gasteiger partial charge in [-0.1, -0.05) is 13.0 Å². The number of aromatic amines is 1. The van der Waals surface area contributed by atoms with Crippen molar-refractivity contribution in [2.24, 2.45) is 0 Å². The van der Waals surface area contributed by atoms with Crippen LogP contribution in [0.1, 0.15) is 18.6 Å². The zero-order valence-electron chi connectivity index (χ0n) is 10.7. The fourth-order valence-corrected chi connectivity index (χ4v) is 1.66. The first-order chi connectivity index (χ1) is 8.81. The maximum absolute atomic E-state index is 5.17. The molecule has 0 fully saturated rings. The van der Waals surface area contributed by atoms with E-state index in [9.17, 15) is 0 Å². The molecule has 0 amide bonds. The van der Waals surface area contributed by atoms with Gasteiger partial charge in [0.1, 0.15) is 17.4 Å². The molecule has 0 spiro atoms. The zero-order valence-corrected chi connectivity index (χ0v) is 10.7. The highest BCUT2D eigenvalue weighted by Gasteiger charge is 2.01. The largest absolute Gasteiger partial charge is 0.497 e. The minimum atomic E-state index is 0.811. The molecule has 1 aromatic heterocycles. The van der Waals surface area contributed by atoms with Crippen molar-refractivity contribution in [3.05, 3.63) is 35.9 Å². The highest BCUT2D eigenvalue weighted by Crippen LogP contribution is 2.16. The number of hydrogen-bond donors (Lipinski definition) is 2. The maximum Gasteiger partial charge on any atom is 0.150 e. The normalized spacial score (nSPS) is 10.3. The predicted octanol–water partition coefficient (Wildman–Crippen LogP) is 2.03. The van der Waals surface area contributed by atoms with Crippen LogP contribution in [0, 0.1) is 0 Å². The topological polar surface area (TPSA) is 62.8 Å². The Morgan fingerprint density at radius 2 is 2.28 bits per heavy atom. The fourth-order valence-electron chi connectivity index (χ4n) is 1.66. The van der Waals surface area contributed by atoms with Gasteiger partial charge in [-0.15, -0.1) is 0 Å². The van der Waals surface area contributed by atoms with Crippen LogP contribution in [0.3, 0.4) is 0 Å². The summed E-state index contributed by atoms with van der Waals surface area (Å²) >= 11 is 0. The number of nitrogens with one attached hydrogen (secondary N) is 2. The Bertz CT molecular complexity index is 495. The number of methoxy groups -OCH3 is 1. The third-order valence-corrected chi connectivity index (χ3v) is 2.65. The van der Waals surface area contributed by atoms with Crippen molar-refractivity contribution in [2.75, 3.05) is 19.0 Å². The first-order valence-corrected chi connectivity index (χ1v) is 6.10. The second-order valence-corrected chi connectivity index (χ2v) is 3.96. The molecule has 0 saturated carbocycles. The van der Waals surface area contributed by atoms with E-state index in [1.54, 1.807) is 7.11 Å². The van der Waals surface area contributed by atoms with Crippen molar-refractivity contribution < 1.29 is 4.74 Å². The Morgan fingerprint density at radius 3 is 3.00 bits per heavy atom. The lowest BCUT2D eigenvalue weighted by molar-refractivity contribution is 0.415. The third kappa shape index (κ3) is 3.23. The van der Waals surface area contributed by atoms with Crippen LogP contribution in [0.2, 0.25) is 0 Å². The second kappa shape index (κ2) is 6.05. The lowest BCUT2D eigenvalue weighted by atomic mass is 10.3. The van der Waals surface area contributed by atoms with Crippen molar-refractivity contribution in [3.8, 4) is 5.75 Å². The molecule has 0 aliphatic heterocycles. The summed E-state index contributed by atoms with van der Waals surface area (Å²) < 4.78 is 5.17. The number of aryl methyl sites for hydroxylation is 1. The molecule has 96 valence electrons. The van der Waals surface area contributed by atoms with Gasteiger partial charge in [0.05, 0.1) is 7.11 Å². The summed E-state index contributed by atoms with van der Waals surface area (Å²) in [5.74, 6) is 2.64. The molecule has 1 aromatic carbocycles. The average molecular weight is 246 g/mol. The van der Waals surface area contributed by atoms with Crippen LogP contribution in [0.4, 0.5) is 5.69 Å². The number of nitrogens with zero attached hydrogens (tertiary/aromatic N) is 2. The number of rotatable bonds is 6. The Kier molecular flexibility index (Phi) is 4.17. The van der Waals surface area contributed by atoms with Gasteiger partial charge >= 0.3 is 0 Å². The summed E-state index contributed by atoms with van der Waals surface area (Å²) in [6.45, 7) is 2.85. The smallest absolute Gasteiger partial charge is 0.150 e. The van der Waals surface area contributed by atoms with Crippen molar-refractivity contribution in [1.29, 1.82) is 0 Å². The molecule has 18 heavy (non-hydrogen) atoms. The fraction of sp³-hybridized carbons (Fsp3) is 0.385. The van der Waals surface area contributed by atoms with Crippen LogP contribution in [0.5, 0.6) is 5.75 Å². The monoisotopic (exact) mass is 246 g/mol. The van der Waals surface area contributed by atoms with E-state index in [0.29, 0.717) is 0 Å². The van der Waals surface area contributed by atoms with Crippen molar-refractivity contribution in [2.45, 2.75) is 19.8 Å². The molecular weight excluding hydrogens is 228 g/mol. The minimum absolute atomic E-state index is 0.811. The Labute approximate surface area is 107 Å². The molecule has 0 aliphatic rings. The molecule has 0 unspecified atom stereocenters. The van der Waals surface area contributed by atoms with Gasteiger partial charge in [-0.25, -0.2) is 4.98 Å². The van der Waals surface area contributed by atoms with Crippen LogP contribution in [-0.2, 0) is 12.8 Å². The van der Waals surface area contributed by atoms with Gasteiger partial charge in [0.15, 0.2) is 0 Å². The molecule has 0 aliphatic carbocycles. The Morgan fingerprint density at radius 1 is 1.39 bits per heavy atom. The van der Waals surface area contributed by atoms with Gasteiger partial charge in [0.25, 0.3) is 0 Å². The van der Waals surface area contributed by atoms with Crippen molar-refractivity contribution in [1.82, 2.24) is 15.2 Å². The van der Waals surface area contributed by atoms with Crippen LogP contribution in [0.15, 0.2) is 24.3 Å². The summed E-state index contributed by atoms with van der Waals surface area (Å²) in [5, 5.41) is 10.4. The first kappa shape index (κ1) is 12.4.